The molecule has 0 aliphatic carbocycles. The van der Waals surface area contributed by atoms with Gasteiger partial charge in [0.1, 0.15) is 0 Å². The third-order valence-electron chi connectivity index (χ3n) is 15.7. The number of rotatable bonds is 18. The predicted molar refractivity (Wildman–Crippen MR) is 345 cm³/mol. The van der Waals surface area contributed by atoms with Crippen molar-refractivity contribution in [2.75, 3.05) is 94.6 Å². The second-order valence-electron chi connectivity index (χ2n) is 21.7. The highest BCUT2D eigenvalue weighted by molar-refractivity contribution is 6.42. The van der Waals surface area contributed by atoms with E-state index < -0.39 is 11.1 Å². The first kappa shape index (κ1) is 69.9. The highest BCUT2D eigenvalue weighted by atomic mass is 35.5. The molecule has 0 spiro atoms. The van der Waals surface area contributed by atoms with Crippen molar-refractivity contribution in [2.45, 2.75) is 61.4 Å². The third kappa shape index (κ3) is 19.2. The number of hydrogen-bond donors (Lipinski definition) is 2. The molecule has 2 saturated heterocycles. The van der Waals surface area contributed by atoms with E-state index in [0.717, 1.165) is 100 Å². The Morgan fingerprint density at radius 1 is 0.458 bits per heavy atom. The molecule has 8 rings (SSSR count). The highest BCUT2D eigenvalue weighted by Crippen LogP contribution is 2.37. The first-order valence-electron chi connectivity index (χ1n) is 27.4. The molecule has 6 aromatic carbocycles. The van der Waals surface area contributed by atoms with Gasteiger partial charge in [-0.05, 0) is 122 Å². The van der Waals surface area contributed by atoms with Crippen LogP contribution in [0.15, 0.2) is 158 Å². The van der Waals surface area contributed by atoms with Gasteiger partial charge in [-0.1, -0.05) is 156 Å². The molecule has 2 aliphatic heterocycles. The summed E-state index contributed by atoms with van der Waals surface area (Å²) in [6.45, 7) is 6.28. The molecule has 0 saturated carbocycles. The number of piperidine rings is 2. The van der Waals surface area contributed by atoms with E-state index >= 15 is 0 Å². The van der Waals surface area contributed by atoms with E-state index in [1.165, 1.54) is 0 Å². The van der Waals surface area contributed by atoms with Gasteiger partial charge in [0.05, 0.1) is 31.2 Å². The molecule has 83 heavy (non-hydrogen) atoms. The summed E-state index contributed by atoms with van der Waals surface area (Å²) in [4.78, 5) is 63.3. The topological polar surface area (TPSA) is 143 Å². The summed E-state index contributed by atoms with van der Waals surface area (Å²) in [5, 5.41) is 8.70. The fraction of sp³-hybridized carbons (Fsp3) is 0.375. The van der Waals surface area contributed by atoms with Gasteiger partial charge in [-0.3, -0.25) is 9.59 Å². The van der Waals surface area contributed by atoms with Gasteiger partial charge in [-0.15, -0.1) is 24.8 Å². The molecule has 6 aromatic rings. The zero-order valence-corrected chi connectivity index (χ0v) is 52.9. The van der Waals surface area contributed by atoms with Crippen LogP contribution in [0.1, 0.15) is 93.3 Å². The van der Waals surface area contributed by atoms with Crippen molar-refractivity contribution in [1.82, 2.24) is 40.0 Å². The lowest BCUT2D eigenvalue weighted by Gasteiger charge is -2.43. The number of halogens is 6. The van der Waals surface area contributed by atoms with Crippen LogP contribution in [0.25, 0.3) is 0 Å². The first-order chi connectivity index (χ1) is 38.4. The number of urea groups is 2. The Morgan fingerprint density at radius 2 is 0.759 bits per heavy atom. The van der Waals surface area contributed by atoms with Crippen LogP contribution < -0.4 is 10.6 Å². The molecule has 448 valence electrons. The number of benzene rings is 6. The van der Waals surface area contributed by atoms with Gasteiger partial charge in [0, 0.05) is 105 Å². The van der Waals surface area contributed by atoms with Crippen LogP contribution in [-0.4, -0.2) is 153 Å². The van der Waals surface area contributed by atoms with Gasteiger partial charge in [-0.25, -0.2) is 9.59 Å². The average molecular weight is 1250 g/mol. The number of carbonyl (C=O) groups excluding carboxylic acids is 4. The minimum atomic E-state index is -0.398. The lowest BCUT2D eigenvalue weighted by Crippen LogP contribution is -2.55. The van der Waals surface area contributed by atoms with Crippen LogP contribution in [0.4, 0.5) is 9.59 Å². The maximum absolute atomic E-state index is 13.1. The van der Waals surface area contributed by atoms with E-state index in [0.29, 0.717) is 44.3 Å². The van der Waals surface area contributed by atoms with E-state index in [2.05, 4.69) is 44.7 Å². The normalized spacial score (nSPS) is 15.2. The second kappa shape index (κ2) is 33.2. The molecule has 2 heterocycles. The van der Waals surface area contributed by atoms with Gasteiger partial charge in [0.15, 0.2) is 0 Å². The summed E-state index contributed by atoms with van der Waals surface area (Å²) in [7, 11) is 10.8. The maximum Gasteiger partial charge on any atom is 0.317 e. The number of amides is 6. The average Bonchev–Trinajstić information content (AvgIpc) is 3.49. The molecule has 2 aliphatic rings. The monoisotopic (exact) mass is 1250 g/mol. The fourth-order valence-corrected chi connectivity index (χ4v) is 11.4. The number of nitrogens with one attached hydrogen (secondary N) is 2. The summed E-state index contributed by atoms with van der Waals surface area (Å²) >= 11 is 25.2. The molecule has 2 fully saturated rings. The Kier molecular flexibility index (Phi) is 28.0. The lowest BCUT2D eigenvalue weighted by molar-refractivity contribution is 0.0772. The Morgan fingerprint density at radius 3 is 1.05 bits per heavy atom. The largest absolute Gasteiger partial charge is 0.412 e. The molecular weight excluding hydrogens is 1170 g/mol. The van der Waals surface area contributed by atoms with Crippen LogP contribution in [0.5, 0.6) is 0 Å². The number of hydrogen-bond acceptors (Lipinski definition) is 6. The zero-order valence-electron chi connectivity index (χ0n) is 48.2. The number of nitrogens with zero attached hydrogens (tertiary/aromatic N) is 6. The van der Waals surface area contributed by atoms with E-state index in [1.807, 2.05) is 148 Å². The summed E-state index contributed by atoms with van der Waals surface area (Å²) in [5.74, 6) is 0.157. The fourth-order valence-electron chi connectivity index (χ4n) is 10.8. The van der Waals surface area contributed by atoms with Gasteiger partial charge in [-0.2, -0.15) is 0 Å². The summed E-state index contributed by atoms with van der Waals surface area (Å²) in [6, 6.07) is 50.6. The SMILES string of the molecule is CN(C)C(=O)NC1(c2ccccc2)CCN(CCC(CN(C)C(=O)c2ccccc2)c2ccc(Cl)c(Cl)c2)CC1.CN(C)C(=O)NC1(c2ccccc2)CCN(CCC(CN(C)C(=O)c2ccccc2)c2ccc(Cl)c(Cl)c2)CC1.Cl.Cl.O. The van der Waals surface area contributed by atoms with E-state index in [9.17, 15) is 19.2 Å². The summed E-state index contributed by atoms with van der Waals surface area (Å²) < 4.78 is 0. The molecule has 13 nitrogen and oxygen atoms in total. The summed E-state index contributed by atoms with van der Waals surface area (Å²) in [5.41, 5.74) is 4.96. The van der Waals surface area contributed by atoms with Crippen LogP contribution in [0, 0.1) is 0 Å². The Hall–Kier alpha value is -5.58. The zero-order chi connectivity index (χ0) is 57.4. The van der Waals surface area contributed by atoms with E-state index in [4.69, 9.17) is 46.4 Å². The Labute approximate surface area is 523 Å². The van der Waals surface area contributed by atoms with Crippen LogP contribution in [0.2, 0.25) is 20.1 Å². The van der Waals surface area contributed by atoms with Crippen molar-refractivity contribution in [3.63, 3.8) is 0 Å². The smallest absolute Gasteiger partial charge is 0.317 e. The lowest BCUT2D eigenvalue weighted by atomic mass is 9.80. The van der Waals surface area contributed by atoms with Crippen LogP contribution in [0.3, 0.4) is 0 Å². The number of likely N-dealkylation sites (tertiary alicyclic amines) is 2. The number of likely N-dealkylation sites (N-methyl/N-ethyl adjacent to an activating group) is 2. The molecule has 0 aromatic heterocycles. The van der Waals surface area contributed by atoms with Gasteiger partial charge in [0.25, 0.3) is 11.8 Å². The molecule has 2 unspecified atom stereocenters. The molecule has 4 N–H and O–H groups in total. The van der Waals surface area contributed by atoms with Crippen molar-refractivity contribution in [3.05, 3.63) is 211 Å². The predicted octanol–water partition coefficient (Wildman–Crippen LogP) is 13.0. The Balaban J connectivity index is 0.000000344. The molecule has 6 amide bonds. The summed E-state index contributed by atoms with van der Waals surface area (Å²) in [6.07, 6.45) is 4.99. The van der Waals surface area contributed by atoms with E-state index in [-0.39, 0.29) is 66.0 Å². The highest BCUT2D eigenvalue weighted by Gasteiger charge is 2.40. The number of carbonyl (C=O) groups is 4. The van der Waals surface area contributed by atoms with Gasteiger partial charge in [0.2, 0.25) is 0 Å². The van der Waals surface area contributed by atoms with Crippen molar-refractivity contribution in [3.8, 4) is 0 Å². The first-order valence-corrected chi connectivity index (χ1v) is 28.9. The molecule has 2 atom stereocenters. The second-order valence-corrected chi connectivity index (χ2v) is 23.3. The molecule has 0 radical (unpaired) electrons. The van der Waals surface area contributed by atoms with Crippen molar-refractivity contribution in [1.29, 1.82) is 0 Å². The maximum atomic E-state index is 13.1. The van der Waals surface area contributed by atoms with Crippen molar-refractivity contribution >= 4 is 95.1 Å². The quantitative estimate of drug-likeness (QED) is 0.0877. The van der Waals surface area contributed by atoms with Crippen molar-refractivity contribution in [2.24, 2.45) is 0 Å². The van der Waals surface area contributed by atoms with Crippen LogP contribution >= 0.6 is 71.2 Å². The standard InChI is InChI=1S/2C32H38Cl2N4O2.2ClH.H2O/c2*1-36(2)31(40)35-32(27-12-8-5-9-13-27)17-20-38(21-18-32)19-16-26(25-14-15-28(33)29(34)22-25)23-37(3)30(39)24-10-6-4-7-11-24;;;/h2*4-15,22,26H,16-21,23H2,1-3H3,(H,35,40);2*1H;1H2. The minimum Gasteiger partial charge on any atom is -0.412 e. The molecular formula is C64H80Cl6N8O5. The molecule has 19 heteroatoms. The third-order valence-corrected chi connectivity index (χ3v) is 17.2. The van der Waals surface area contributed by atoms with Crippen LogP contribution in [-0.2, 0) is 11.1 Å². The minimum absolute atomic E-state index is 0. The van der Waals surface area contributed by atoms with Gasteiger partial charge >= 0.3 is 12.1 Å². The van der Waals surface area contributed by atoms with Gasteiger partial charge < -0.3 is 45.5 Å². The Bertz CT molecular complexity index is 2770. The van der Waals surface area contributed by atoms with Crippen molar-refractivity contribution < 1.29 is 24.7 Å². The van der Waals surface area contributed by atoms with E-state index in [1.54, 1.807) is 47.8 Å². The molecule has 0 bridgehead atoms.